The maximum atomic E-state index is 11.7. The molecule has 7 heteroatoms. The first-order valence-corrected chi connectivity index (χ1v) is 7.70. The summed E-state index contributed by atoms with van der Waals surface area (Å²) in [6, 6.07) is 7.93. The highest BCUT2D eigenvalue weighted by molar-refractivity contribution is 9.10. The van der Waals surface area contributed by atoms with Gasteiger partial charge in [0.2, 0.25) is 0 Å². The predicted octanol–water partition coefficient (Wildman–Crippen LogP) is 3.50. The molecule has 2 aromatic rings. The fourth-order valence-corrected chi connectivity index (χ4v) is 3.27. The Morgan fingerprint density at radius 3 is 2.81 bits per heavy atom. The van der Waals surface area contributed by atoms with E-state index in [0.717, 1.165) is 10.0 Å². The zero-order valence-corrected chi connectivity index (χ0v) is 14.0. The number of nitrogens with one attached hydrogen (secondary N) is 1. The van der Waals surface area contributed by atoms with Crippen molar-refractivity contribution in [1.29, 1.82) is 0 Å². The third kappa shape index (κ3) is 3.48. The third-order valence-corrected chi connectivity index (χ3v) is 4.43. The van der Waals surface area contributed by atoms with Gasteiger partial charge in [-0.3, -0.25) is 0 Å². The molecule has 0 fully saturated rings. The SMILES string of the molecule is COC(=O)c1sc(NCc2cccc(Br)c2)c(OC)c1N. The van der Waals surface area contributed by atoms with E-state index in [9.17, 15) is 4.79 Å². The summed E-state index contributed by atoms with van der Waals surface area (Å²) in [4.78, 5) is 12.0. The summed E-state index contributed by atoms with van der Waals surface area (Å²) in [7, 11) is 2.84. The van der Waals surface area contributed by atoms with Gasteiger partial charge in [-0.25, -0.2) is 4.79 Å². The first-order valence-electron chi connectivity index (χ1n) is 6.09. The van der Waals surface area contributed by atoms with Crippen molar-refractivity contribution in [2.75, 3.05) is 25.3 Å². The number of nitrogen functional groups attached to an aromatic ring is 1. The number of carbonyl (C=O) groups excluding carboxylic acids is 1. The van der Waals surface area contributed by atoms with Gasteiger partial charge in [-0.2, -0.15) is 0 Å². The fraction of sp³-hybridized carbons (Fsp3) is 0.214. The highest BCUT2D eigenvalue weighted by Crippen LogP contribution is 2.42. The number of methoxy groups -OCH3 is 2. The largest absolute Gasteiger partial charge is 0.492 e. The van der Waals surface area contributed by atoms with Crippen LogP contribution in [0.4, 0.5) is 10.7 Å². The Labute approximate surface area is 135 Å². The average Bonchev–Trinajstić information content (AvgIpc) is 2.80. The van der Waals surface area contributed by atoms with Crippen LogP contribution in [0.25, 0.3) is 0 Å². The van der Waals surface area contributed by atoms with Crippen LogP contribution in [0, 0.1) is 0 Å². The van der Waals surface area contributed by atoms with Crippen LogP contribution in [0.1, 0.15) is 15.2 Å². The molecule has 21 heavy (non-hydrogen) atoms. The maximum Gasteiger partial charge on any atom is 0.350 e. The lowest BCUT2D eigenvalue weighted by Crippen LogP contribution is -2.02. The predicted molar refractivity (Wildman–Crippen MR) is 88.1 cm³/mol. The number of benzene rings is 1. The summed E-state index contributed by atoms with van der Waals surface area (Å²) < 4.78 is 11.0. The highest BCUT2D eigenvalue weighted by Gasteiger charge is 2.22. The van der Waals surface area contributed by atoms with Crippen molar-refractivity contribution in [3.8, 4) is 5.75 Å². The van der Waals surface area contributed by atoms with Gasteiger partial charge >= 0.3 is 5.97 Å². The van der Waals surface area contributed by atoms with Crippen molar-refractivity contribution < 1.29 is 14.3 Å². The van der Waals surface area contributed by atoms with E-state index in [1.165, 1.54) is 25.6 Å². The minimum Gasteiger partial charge on any atom is -0.492 e. The number of halogens is 1. The molecule has 0 saturated heterocycles. The van der Waals surface area contributed by atoms with Crippen LogP contribution in [0.15, 0.2) is 28.7 Å². The molecule has 2 rings (SSSR count). The molecule has 5 nitrogen and oxygen atoms in total. The molecule has 0 bridgehead atoms. The molecule has 0 radical (unpaired) electrons. The van der Waals surface area contributed by atoms with Crippen molar-refractivity contribution >= 4 is 43.9 Å². The average molecular weight is 371 g/mol. The molecule has 112 valence electrons. The van der Waals surface area contributed by atoms with Crippen molar-refractivity contribution in [3.05, 3.63) is 39.2 Å². The summed E-state index contributed by atoms with van der Waals surface area (Å²) in [5.41, 5.74) is 7.31. The van der Waals surface area contributed by atoms with Gasteiger partial charge in [0.25, 0.3) is 0 Å². The number of esters is 1. The molecule has 1 aromatic carbocycles. The van der Waals surface area contributed by atoms with Gasteiger partial charge in [0.15, 0.2) is 5.75 Å². The van der Waals surface area contributed by atoms with Gasteiger partial charge in [0.1, 0.15) is 15.6 Å². The van der Waals surface area contributed by atoms with Crippen LogP contribution in [0.5, 0.6) is 5.75 Å². The zero-order chi connectivity index (χ0) is 15.4. The molecule has 0 aliphatic carbocycles. The smallest absolute Gasteiger partial charge is 0.350 e. The van der Waals surface area contributed by atoms with E-state index in [4.69, 9.17) is 15.2 Å². The van der Waals surface area contributed by atoms with Gasteiger partial charge in [-0.1, -0.05) is 28.1 Å². The topological polar surface area (TPSA) is 73.6 Å². The summed E-state index contributed by atoms with van der Waals surface area (Å²) >= 11 is 4.65. The Kier molecular flexibility index (Phi) is 5.08. The number of anilines is 2. The van der Waals surface area contributed by atoms with Crippen LogP contribution < -0.4 is 15.8 Å². The van der Waals surface area contributed by atoms with Crippen molar-refractivity contribution in [1.82, 2.24) is 0 Å². The number of hydrogen-bond donors (Lipinski definition) is 2. The van der Waals surface area contributed by atoms with Crippen LogP contribution >= 0.6 is 27.3 Å². The zero-order valence-electron chi connectivity index (χ0n) is 11.6. The second-order valence-corrected chi connectivity index (χ2v) is 6.12. The lowest BCUT2D eigenvalue weighted by Gasteiger charge is -2.07. The highest BCUT2D eigenvalue weighted by atomic mass is 79.9. The summed E-state index contributed by atoms with van der Waals surface area (Å²) in [5, 5.41) is 3.94. The van der Waals surface area contributed by atoms with Crippen molar-refractivity contribution in [3.63, 3.8) is 0 Å². The number of rotatable bonds is 5. The second kappa shape index (κ2) is 6.82. The Hall–Kier alpha value is -1.73. The van der Waals surface area contributed by atoms with E-state index in [1.807, 2.05) is 24.3 Å². The van der Waals surface area contributed by atoms with E-state index in [2.05, 4.69) is 21.2 Å². The standard InChI is InChI=1S/C14H15BrN2O3S/c1-19-11-10(16)12(14(18)20-2)21-13(11)17-7-8-4-3-5-9(15)6-8/h3-6,17H,7,16H2,1-2H3. The van der Waals surface area contributed by atoms with Crippen molar-refractivity contribution in [2.24, 2.45) is 0 Å². The molecular weight excluding hydrogens is 356 g/mol. The van der Waals surface area contributed by atoms with Crippen LogP contribution in [-0.4, -0.2) is 20.2 Å². The van der Waals surface area contributed by atoms with E-state index in [0.29, 0.717) is 27.9 Å². The van der Waals surface area contributed by atoms with Crippen LogP contribution in [-0.2, 0) is 11.3 Å². The van der Waals surface area contributed by atoms with Crippen LogP contribution in [0.2, 0.25) is 0 Å². The Morgan fingerprint density at radius 1 is 1.43 bits per heavy atom. The van der Waals surface area contributed by atoms with Crippen molar-refractivity contribution in [2.45, 2.75) is 6.54 Å². The molecule has 0 unspecified atom stereocenters. The van der Waals surface area contributed by atoms with E-state index < -0.39 is 5.97 Å². The second-order valence-electron chi connectivity index (χ2n) is 4.18. The lowest BCUT2D eigenvalue weighted by molar-refractivity contribution is 0.0607. The summed E-state index contributed by atoms with van der Waals surface area (Å²) in [6.07, 6.45) is 0. The Balaban J connectivity index is 2.21. The van der Waals surface area contributed by atoms with Gasteiger partial charge in [-0.15, -0.1) is 11.3 Å². The quantitative estimate of drug-likeness (QED) is 0.787. The van der Waals surface area contributed by atoms with E-state index in [-0.39, 0.29) is 0 Å². The third-order valence-electron chi connectivity index (χ3n) is 2.82. The molecule has 0 aliphatic heterocycles. The molecule has 0 saturated carbocycles. The van der Waals surface area contributed by atoms with Gasteiger partial charge in [0.05, 0.1) is 14.2 Å². The normalized spacial score (nSPS) is 10.2. The molecular formula is C14H15BrN2O3S. The molecule has 1 heterocycles. The Bertz CT molecular complexity index is 658. The monoisotopic (exact) mass is 370 g/mol. The minimum atomic E-state index is -0.466. The summed E-state index contributed by atoms with van der Waals surface area (Å²) in [6.45, 7) is 0.594. The lowest BCUT2D eigenvalue weighted by atomic mass is 10.2. The minimum absolute atomic E-state index is 0.297. The Morgan fingerprint density at radius 2 is 2.19 bits per heavy atom. The van der Waals surface area contributed by atoms with E-state index >= 15 is 0 Å². The van der Waals surface area contributed by atoms with Gasteiger partial charge in [0, 0.05) is 11.0 Å². The first-order chi connectivity index (χ1) is 10.1. The fourth-order valence-electron chi connectivity index (χ4n) is 1.82. The molecule has 0 aliphatic rings. The van der Waals surface area contributed by atoms with Gasteiger partial charge in [-0.05, 0) is 17.7 Å². The first kappa shape index (κ1) is 15.7. The maximum absolute atomic E-state index is 11.7. The van der Waals surface area contributed by atoms with Crippen LogP contribution in [0.3, 0.4) is 0 Å². The number of hydrogen-bond acceptors (Lipinski definition) is 6. The number of carbonyl (C=O) groups is 1. The molecule has 0 spiro atoms. The molecule has 3 N–H and O–H groups in total. The number of thiophene rings is 1. The molecule has 1 aromatic heterocycles. The number of nitrogens with two attached hydrogens (primary N) is 1. The molecule has 0 atom stereocenters. The number of ether oxygens (including phenoxy) is 2. The van der Waals surface area contributed by atoms with E-state index in [1.54, 1.807) is 0 Å². The molecule has 0 amide bonds. The summed E-state index contributed by atoms with van der Waals surface area (Å²) in [5.74, 6) is 0.00158. The van der Waals surface area contributed by atoms with Gasteiger partial charge < -0.3 is 20.5 Å².